The molecule has 0 aliphatic heterocycles. The fourth-order valence-electron chi connectivity index (χ4n) is 1.34. The Hall–Kier alpha value is 0.970. The van der Waals surface area contributed by atoms with Crippen LogP contribution in [-0.2, 0) is 13.8 Å². The van der Waals surface area contributed by atoms with Crippen LogP contribution in [0.1, 0.15) is 46.5 Å². The molecule has 4 nitrogen and oxygen atoms in total. The second kappa shape index (κ2) is 16.3. The van der Waals surface area contributed by atoms with Gasteiger partial charge >= 0.3 is 0 Å². The monoisotopic (exact) mass is 343 g/mol. The molecule has 0 spiro atoms. The van der Waals surface area contributed by atoms with Gasteiger partial charge in [-0.15, -0.1) is 0 Å². The van der Waals surface area contributed by atoms with E-state index in [0.29, 0.717) is 12.6 Å². The van der Waals surface area contributed by atoms with Crippen LogP contribution in [0.3, 0.4) is 0 Å². The molecule has 0 amide bonds. The molecular formula is C13H30NO3PS2. The molecule has 0 aliphatic carbocycles. The first-order chi connectivity index (χ1) is 9.70. The van der Waals surface area contributed by atoms with Gasteiger partial charge in [0.25, 0.3) is 8.53 Å². The third-order valence-electron chi connectivity index (χ3n) is 2.19. The molecular weight excluding hydrogens is 313 g/mol. The summed E-state index contributed by atoms with van der Waals surface area (Å²) in [6.07, 6.45) is 4.88. The summed E-state index contributed by atoms with van der Waals surface area (Å²) in [4.78, 5) is 0. The summed E-state index contributed by atoms with van der Waals surface area (Å²) >= 11 is 0. The Morgan fingerprint density at radius 3 is 2.45 bits per heavy atom. The van der Waals surface area contributed by atoms with Gasteiger partial charge in [0.1, 0.15) is 5.94 Å². The van der Waals surface area contributed by atoms with Gasteiger partial charge in [-0.1, -0.05) is 34.4 Å². The highest BCUT2D eigenvalue weighted by molar-refractivity contribution is 8.76. The van der Waals surface area contributed by atoms with E-state index in [-0.39, 0.29) is 0 Å². The van der Waals surface area contributed by atoms with Gasteiger partial charge in [0.15, 0.2) is 0 Å². The second-order valence-corrected chi connectivity index (χ2v) is 8.37. The van der Waals surface area contributed by atoms with Crippen molar-refractivity contribution in [1.29, 1.82) is 0 Å². The Labute approximate surface area is 133 Å². The van der Waals surface area contributed by atoms with Crippen molar-refractivity contribution in [1.82, 2.24) is 5.09 Å². The molecule has 1 unspecified atom stereocenters. The average Bonchev–Trinajstić information content (AvgIpc) is 2.40. The first kappa shape index (κ1) is 21.0. The molecule has 0 saturated heterocycles. The number of nitrogens with one attached hydrogen (secondary N) is 1. The standard InChI is InChI=1S/C13H30NO3PS2/c1-5-16-18(14-13(2)3)17-10-8-6-7-9-11-19-20-12-15-4/h13-14H,5-12H2,1-4H3. The van der Waals surface area contributed by atoms with Crippen LogP contribution in [0.2, 0.25) is 0 Å². The van der Waals surface area contributed by atoms with Crippen molar-refractivity contribution >= 4 is 30.1 Å². The summed E-state index contributed by atoms with van der Waals surface area (Å²) in [5, 5.41) is 3.31. The molecule has 0 heterocycles. The fourth-order valence-corrected chi connectivity index (χ4v) is 4.32. The Morgan fingerprint density at radius 1 is 1.05 bits per heavy atom. The molecule has 20 heavy (non-hydrogen) atoms. The van der Waals surface area contributed by atoms with E-state index in [0.717, 1.165) is 19.0 Å². The van der Waals surface area contributed by atoms with Crippen molar-refractivity contribution in [2.75, 3.05) is 32.0 Å². The van der Waals surface area contributed by atoms with Gasteiger partial charge in [0.2, 0.25) is 0 Å². The molecule has 0 rings (SSSR count). The van der Waals surface area contributed by atoms with Crippen molar-refractivity contribution in [2.45, 2.75) is 52.5 Å². The van der Waals surface area contributed by atoms with Crippen LogP contribution in [0.5, 0.6) is 0 Å². The van der Waals surface area contributed by atoms with Crippen LogP contribution < -0.4 is 5.09 Å². The SMILES string of the molecule is CCOP(NC(C)C)OCCCCCCSSCOC. The van der Waals surface area contributed by atoms with Crippen LogP contribution in [-0.4, -0.2) is 38.1 Å². The molecule has 7 heteroatoms. The number of unbranched alkanes of at least 4 members (excludes halogenated alkanes) is 3. The normalized spacial score (nSPS) is 13.1. The molecule has 1 atom stereocenters. The third-order valence-corrected chi connectivity index (χ3v) is 6.07. The lowest BCUT2D eigenvalue weighted by molar-refractivity contribution is 0.243. The predicted octanol–water partition coefficient (Wildman–Crippen LogP) is 4.81. The van der Waals surface area contributed by atoms with E-state index in [4.69, 9.17) is 13.8 Å². The zero-order valence-corrected chi connectivity index (χ0v) is 15.8. The molecule has 1 N–H and O–H groups in total. The van der Waals surface area contributed by atoms with Gasteiger partial charge in [-0.2, -0.15) is 0 Å². The van der Waals surface area contributed by atoms with Crippen LogP contribution in [0.25, 0.3) is 0 Å². The third kappa shape index (κ3) is 15.4. The smallest absolute Gasteiger partial charge is 0.256 e. The van der Waals surface area contributed by atoms with Crippen molar-refractivity contribution in [3.8, 4) is 0 Å². The average molecular weight is 343 g/mol. The minimum absolute atomic E-state index is 0.397. The van der Waals surface area contributed by atoms with E-state index < -0.39 is 8.53 Å². The maximum Gasteiger partial charge on any atom is 0.256 e. The van der Waals surface area contributed by atoms with E-state index in [1.54, 1.807) is 17.9 Å². The molecule has 0 aliphatic rings. The largest absolute Gasteiger partial charge is 0.373 e. The topological polar surface area (TPSA) is 39.7 Å². The summed E-state index contributed by atoms with van der Waals surface area (Å²) in [5.41, 5.74) is 0. The number of methoxy groups -OCH3 is 1. The van der Waals surface area contributed by atoms with Crippen molar-refractivity contribution in [3.05, 3.63) is 0 Å². The number of hydrogen-bond donors (Lipinski definition) is 1. The first-order valence-corrected chi connectivity index (χ1v) is 10.9. The summed E-state index contributed by atoms with van der Waals surface area (Å²) < 4.78 is 16.3. The maximum absolute atomic E-state index is 5.76. The van der Waals surface area contributed by atoms with Crippen LogP contribution in [0, 0.1) is 0 Å². The zero-order chi connectivity index (χ0) is 15.1. The van der Waals surface area contributed by atoms with Gasteiger partial charge in [0, 0.05) is 18.9 Å². The lowest BCUT2D eigenvalue weighted by Crippen LogP contribution is -2.19. The zero-order valence-electron chi connectivity index (χ0n) is 13.2. The first-order valence-electron chi connectivity index (χ1n) is 7.26. The van der Waals surface area contributed by atoms with Gasteiger partial charge in [0.05, 0.1) is 13.2 Å². The van der Waals surface area contributed by atoms with Crippen LogP contribution >= 0.6 is 30.1 Å². The van der Waals surface area contributed by atoms with E-state index in [1.807, 2.05) is 17.7 Å². The fraction of sp³-hybridized carbons (Fsp3) is 1.00. The molecule has 0 aromatic carbocycles. The molecule has 0 aromatic heterocycles. The molecule has 122 valence electrons. The van der Waals surface area contributed by atoms with Crippen molar-refractivity contribution in [2.24, 2.45) is 0 Å². The highest BCUT2D eigenvalue weighted by Gasteiger charge is 2.10. The Balaban J connectivity index is 3.31. The molecule has 0 fully saturated rings. The summed E-state index contributed by atoms with van der Waals surface area (Å²) in [5.74, 6) is 1.98. The van der Waals surface area contributed by atoms with Crippen LogP contribution in [0.4, 0.5) is 0 Å². The quantitative estimate of drug-likeness (QED) is 0.199. The Bertz CT molecular complexity index is 202. The lowest BCUT2D eigenvalue weighted by Gasteiger charge is -2.19. The molecule has 0 bridgehead atoms. The minimum atomic E-state index is -0.906. The highest BCUT2D eigenvalue weighted by atomic mass is 33.1. The molecule has 0 radical (unpaired) electrons. The summed E-state index contributed by atoms with van der Waals surface area (Å²) in [6, 6.07) is 0.397. The van der Waals surface area contributed by atoms with Crippen molar-refractivity contribution < 1.29 is 13.8 Å². The summed E-state index contributed by atoms with van der Waals surface area (Å²) in [6.45, 7) is 7.70. The second-order valence-electron chi connectivity index (χ2n) is 4.55. The maximum atomic E-state index is 5.76. The van der Waals surface area contributed by atoms with Gasteiger partial charge in [-0.05, 0) is 33.6 Å². The Morgan fingerprint density at radius 2 is 1.80 bits per heavy atom. The molecule has 0 saturated carbocycles. The predicted molar refractivity (Wildman–Crippen MR) is 93.2 cm³/mol. The minimum Gasteiger partial charge on any atom is -0.373 e. The van der Waals surface area contributed by atoms with Crippen LogP contribution in [0.15, 0.2) is 0 Å². The summed E-state index contributed by atoms with van der Waals surface area (Å²) in [7, 11) is 4.51. The van der Waals surface area contributed by atoms with Crippen molar-refractivity contribution in [3.63, 3.8) is 0 Å². The number of hydrogen-bond acceptors (Lipinski definition) is 6. The van der Waals surface area contributed by atoms with Gasteiger partial charge in [-0.25, -0.2) is 5.09 Å². The van der Waals surface area contributed by atoms with E-state index in [9.17, 15) is 0 Å². The van der Waals surface area contributed by atoms with E-state index >= 15 is 0 Å². The molecule has 0 aromatic rings. The highest BCUT2D eigenvalue weighted by Crippen LogP contribution is 2.34. The van der Waals surface area contributed by atoms with E-state index in [2.05, 4.69) is 18.9 Å². The van der Waals surface area contributed by atoms with Gasteiger partial charge < -0.3 is 13.8 Å². The van der Waals surface area contributed by atoms with Gasteiger partial charge in [-0.3, -0.25) is 0 Å². The van der Waals surface area contributed by atoms with E-state index in [1.165, 1.54) is 25.0 Å². The number of rotatable bonds is 15. The number of ether oxygens (including phenoxy) is 1. The Kier molecular flexibility index (Phi) is 17.1. The lowest BCUT2D eigenvalue weighted by atomic mass is 10.2.